The molecule has 0 rings (SSSR count). The lowest BCUT2D eigenvalue weighted by Gasteiger charge is -2.18. The van der Waals surface area contributed by atoms with E-state index in [9.17, 15) is 14.4 Å². The van der Waals surface area contributed by atoms with Crippen LogP contribution in [0.4, 0.5) is 0 Å². The van der Waals surface area contributed by atoms with Gasteiger partial charge in [-0.1, -0.05) is 280 Å². The highest BCUT2D eigenvalue weighted by atomic mass is 16.6. The van der Waals surface area contributed by atoms with E-state index >= 15 is 0 Å². The Morgan fingerprint density at radius 3 is 0.913 bits per heavy atom. The SMILES string of the molecule is CCC\C=C/C=C\C=C/C=C\C=C/CCCCCCCC(=O)OCC(COC(=O)CCCCCCCCCCCCCCCCC)OC(=O)CCCCCCC/C=C\CCCCCCCCCCC. The van der Waals surface area contributed by atoms with Gasteiger partial charge in [0, 0.05) is 19.3 Å². The Bertz CT molecular complexity index is 1290. The van der Waals surface area contributed by atoms with Gasteiger partial charge in [-0.2, -0.15) is 0 Å². The molecule has 0 aliphatic carbocycles. The van der Waals surface area contributed by atoms with Crippen molar-refractivity contribution in [2.45, 2.75) is 297 Å². The van der Waals surface area contributed by atoms with E-state index in [0.717, 1.165) is 96.3 Å². The normalized spacial score (nSPS) is 12.6. The van der Waals surface area contributed by atoms with E-state index in [0.29, 0.717) is 19.3 Å². The highest BCUT2D eigenvalue weighted by Gasteiger charge is 2.19. The molecule has 0 saturated carbocycles. The van der Waals surface area contributed by atoms with E-state index < -0.39 is 6.10 Å². The Hall–Kier alpha value is -3.15. The largest absolute Gasteiger partial charge is 0.462 e. The minimum absolute atomic E-state index is 0.0848. The van der Waals surface area contributed by atoms with Crippen molar-refractivity contribution < 1.29 is 28.6 Å². The zero-order valence-corrected chi connectivity index (χ0v) is 45.6. The summed E-state index contributed by atoms with van der Waals surface area (Å²) in [5.74, 6) is -0.907. The molecule has 6 heteroatoms. The minimum Gasteiger partial charge on any atom is -0.462 e. The third kappa shape index (κ3) is 55.6. The number of unbranched alkanes of at least 4 members (excludes halogenated alkanes) is 34. The molecule has 0 N–H and O–H groups in total. The van der Waals surface area contributed by atoms with Crippen molar-refractivity contribution in [1.82, 2.24) is 0 Å². The number of hydrogen-bond acceptors (Lipinski definition) is 6. The fourth-order valence-corrected chi connectivity index (χ4v) is 8.35. The van der Waals surface area contributed by atoms with Crippen LogP contribution in [-0.4, -0.2) is 37.2 Å². The van der Waals surface area contributed by atoms with Gasteiger partial charge < -0.3 is 14.2 Å². The fourth-order valence-electron chi connectivity index (χ4n) is 8.35. The summed E-state index contributed by atoms with van der Waals surface area (Å²) in [6.07, 6.45) is 73.1. The molecule has 0 fully saturated rings. The van der Waals surface area contributed by atoms with Crippen LogP contribution in [-0.2, 0) is 28.6 Å². The summed E-state index contributed by atoms with van der Waals surface area (Å²) in [4.78, 5) is 38.2. The van der Waals surface area contributed by atoms with Crippen molar-refractivity contribution in [2.24, 2.45) is 0 Å². The Kier molecular flexibility index (Phi) is 54.8. The highest BCUT2D eigenvalue weighted by molar-refractivity contribution is 5.71. The molecule has 1 unspecified atom stereocenters. The van der Waals surface area contributed by atoms with Gasteiger partial charge in [-0.05, 0) is 64.2 Å². The number of ether oxygens (including phenoxy) is 3. The van der Waals surface area contributed by atoms with Crippen molar-refractivity contribution in [3.63, 3.8) is 0 Å². The number of rotatable bonds is 53. The lowest BCUT2D eigenvalue weighted by atomic mass is 10.0. The Labute approximate surface area is 427 Å². The Morgan fingerprint density at radius 1 is 0.290 bits per heavy atom. The Balaban J connectivity index is 4.43. The van der Waals surface area contributed by atoms with Crippen LogP contribution in [0.2, 0.25) is 0 Å². The van der Waals surface area contributed by atoms with Gasteiger partial charge in [0.15, 0.2) is 6.10 Å². The van der Waals surface area contributed by atoms with E-state index in [4.69, 9.17) is 14.2 Å². The van der Waals surface area contributed by atoms with Crippen LogP contribution in [0, 0.1) is 0 Å². The number of allylic oxidation sites excluding steroid dienone is 12. The van der Waals surface area contributed by atoms with Gasteiger partial charge >= 0.3 is 17.9 Å². The van der Waals surface area contributed by atoms with Crippen LogP contribution in [0.15, 0.2) is 72.9 Å². The van der Waals surface area contributed by atoms with Crippen molar-refractivity contribution >= 4 is 17.9 Å². The summed E-state index contributed by atoms with van der Waals surface area (Å²) in [7, 11) is 0. The number of carbonyl (C=O) groups is 3. The van der Waals surface area contributed by atoms with Crippen molar-refractivity contribution in [3.8, 4) is 0 Å². The molecule has 398 valence electrons. The maximum Gasteiger partial charge on any atom is 0.306 e. The second kappa shape index (κ2) is 57.4. The average Bonchev–Trinajstić information content (AvgIpc) is 3.35. The number of esters is 3. The van der Waals surface area contributed by atoms with Crippen molar-refractivity contribution in [3.05, 3.63) is 72.9 Å². The third-order valence-corrected chi connectivity index (χ3v) is 12.8. The molecule has 0 saturated heterocycles. The predicted octanol–water partition coefficient (Wildman–Crippen LogP) is 19.8. The molecule has 0 spiro atoms. The molecule has 0 bridgehead atoms. The molecule has 0 aromatic carbocycles. The zero-order chi connectivity index (χ0) is 50.0. The van der Waals surface area contributed by atoms with Gasteiger partial charge in [0.05, 0.1) is 0 Å². The lowest BCUT2D eigenvalue weighted by molar-refractivity contribution is -0.167. The standard InChI is InChI=1S/C63H110O6/c1-4-7-10-13-16-19-22-25-28-30-32-35-38-41-44-47-50-53-56-62(65)68-59-60(58-67-61(64)55-52-49-46-43-40-37-34-27-24-21-18-15-12-9-6-3)69-63(66)57-54-51-48-45-42-39-36-33-31-29-26-23-20-17-14-11-8-5-2/h10,13,16,19,22,25,28,30,32-33,35-36,60H,4-9,11-12,14-15,17-18,20-21,23-24,26-27,29,31,34,37-59H2,1-3H3/b13-10-,19-16-,25-22-,30-28-,35-32-,36-33-. The van der Waals surface area contributed by atoms with E-state index in [1.165, 1.54) is 154 Å². The van der Waals surface area contributed by atoms with Gasteiger partial charge in [-0.3, -0.25) is 14.4 Å². The summed E-state index contributed by atoms with van der Waals surface area (Å²) >= 11 is 0. The first kappa shape index (κ1) is 65.8. The van der Waals surface area contributed by atoms with Crippen LogP contribution in [0.1, 0.15) is 290 Å². The lowest BCUT2D eigenvalue weighted by Crippen LogP contribution is -2.30. The van der Waals surface area contributed by atoms with Crippen LogP contribution in [0.5, 0.6) is 0 Å². The zero-order valence-electron chi connectivity index (χ0n) is 45.6. The van der Waals surface area contributed by atoms with Crippen LogP contribution >= 0.6 is 0 Å². The molecule has 0 aromatic heterocycles. The first-order chi connectivity index (χ1) is 34.0. The van der Waals surface area contributed by atoms with Crippen LogP contribution in [0.25, 0.3) is 0 Å². The van der Waals surface area contributed by atoms with Gasteiger partial charge in [-0.25, -0.2) is 0 Å². The molecule has 0 aliphatic heterocycles. The minimum atomic E-state index is -0.790. The molecule has 0 radical (unpaired) electrons. The summed E-state index contributed by atoms with van der Waals surface area (Å²) in [5, 5.41) is 0. The second-order valence-electron chi connectivity index (χ2n) is 19.7. The summed E-state index contributed by atoms with van der Waals surface area (Å²) in [6, 6.07) is 0. The van der Waals surface area contributed by atoms with Crippen LogP contribution in [0.3, 0.4) is 0 Å². The van der Waals surface area contributed by atoms with Crippen molar-refractivity contribution in [2.75, 3.05) is 13.2 Å². The molecule has 1 atom stereocenters. The molecular formula is C63H110O6. The third-order valence-electron chi connectivity index (χ3n) is 12.8. The topological polar surface area (TPSA) is 78.9 Å². The Morgan fingerprint density at radius 2 is 0.565 bits per heavy atom. The summed E-state index contributed by atoms with van der Waals surface area (Å²) in [6.45, 7) is 6.55. The smallest absolute Gasteiger partial charge is 0.306 e. The summed E-state index contributed by atoms with van der Waals surface area (Å²) in [5.41, 5.74) is 0. The molecule has 6 nitrogen and oxygen atoms in total. The van der Waals surface area contributed by atoms with E-state index in [1.54, 1.807) is 0 Å². The maximum atomic E-state index is 12.9. The molecule has 69 heavy (non-hydrogen) atoms. The van der Waals surface area contributed by atoms with E-state index in [-0.39, 0.29) is 31.1 Å². The van der Waals surface area contributed by atoms with Crippen molar-refractivity contribution in [1.29, 1.82) is 0 Å². The van der Waals surface area contributed by atoms with E-state index in [1.807, 2.05) is 24.3 Å². The van der Waals surface area contributed by atoms with Crippen LogP contribution < -0.4 is 0 Å². The monoisotopic (exact) mass is 963 g/mol. The quantitative estimate of drug-likeness (QED) is 0.0199. The van der Waals surface area contributed by atoms with Gasteiger partial charge in [-0.15, -0.1) is 0 Å². The molecule has 0 aliphatic rings. The second-order valence-corrected chi connectivity index (χ2v) is 19.7. The van der Waals surface area contributed by atoms with Gasteiger partial charge in [0.1, 0.15) is 13.2 Å². The number of carbonyl (C=O) groups excluding carboxylic acids is 3. The highest BCUT2D eigenvalue weighted by Crippen LogP contribution is 2.16. The van der Waals surface area contributed by atoms with Gasteiger partial charge in [0.25, 0.3) is 0 Å². The summed E-state index contributed by atoms with van der Waals surface area (Å²) < 4.78 is 16.9. The average molecular weight is 964 g/mol. The van der Waals surface area contributed by atoms with E-state index in [2.05, 4.69) is 69.4 Å². The molecule has 0 heterocycles. The first-order valence-electron chi connectivity index (χ1n) is 29.5. The van der Waals surface area contributed by atoms with Gasteiger partial charge in [0.2, 0.25) is 0 Å². The molecule has 0 amide bonds. The first-order valence-corrected chi connectivity index (χ1v) is 29.5. The maximum absolute atomic E-state index is 12.9. The fraction of sp³-hybridized carbons (Fsp3) is 0.762. The molecular weight excluding hydrogens is 853 g/mol. The molecule has 0 aromatic rings. The number of hydrogen-bond donors (Lipinski definition) is 0. The predicted molar refractivity (Wildman–Crippen MR) is 298 cm³/mol.